The van der Waals surface area contributed by atoms with Gasteiger partial charge in [-0.2, -0.15) is 4.98 Å². The molecule has 0 unspecified atom stereocenters. The van der Waals surface area contributed by atoms with Crippen molar-refractivity contribution in [2.45, 2.75) is 45.3 Å². The number of aryl methyl sites for hydroxylation is 2. The average Bonchev–Trinajstić information content (AvgIpc) is 3.43. The van der Waals surface area contributed by atoms with Crippen molar-refractivity contribution in [3.63, 3.8) is 0 Å². The van der Waals surface area contributed by atoms with Crippen LogP contribution >= 0.6 is 11.3 Å². The molecule has 0 saturated heterocycles. The van der Waals surface area contributed by atoms with E-state index >= 15 is 0 Å². The third kappa shape index (κ3) is 9.69. The van der Waals surface area contributed by atoms with Gasteiger partial charge in [-0.15, -0.1) is 23.4 Å². The Balaban J connectivity index is 1.17. The second-order valence-corrected chi connectivity index (χ2v) is 9.87. The van der Waals surface area contributed by atoms with Gasteiger partial charge in [0.15, 0.2) is 0 Å². The van der Waals surface area contributed by atoms with Crippen LogP contribution in [-0.4, -0.2) is 38.1 Å². The molecule has 0 aliphatic carbocycles. The van der Waals surface area contributed by atoms with E-state index in [0.29, 0.717) is 36.4 Å². The van der Waals surface area contributed by atoms with Crippen molar-refractivity contribution >= 4 is 29.2 Å². The second-order valence-electron chi connectivity index (χ2n) is 8.81. The molecule has 0 spiro atoms. The highest BCUT2D eigenvalue weighted by Crippen LogP contribution is 2.23. The molecule has 0 radical (unpaired) electrons. The lowest BCUT2D eigenvalue weighted by atomic mass is 10.2. The third-order valence-corrected chi connectivity index (χ3v) is 6.58. The normalized spacial score (nSPS) is 11.1. The summed E-state index contributed by atoms with van der Waals surface area (Å²) < 4.78 is 47.6. The molecular weight excluding hydrogens is 577 g/mol. The van der Waals surface area contributed by atoms with Crippen molar-refractivity contribution in [1.29, 1.82) is 0 Å². The van der Waals surface area contributed by atoms with Crippen LogP contribution in [0.2, 0.25) is 0 Å². The monoisotopic (exact) mass is 602 g/mol. The van der Waals surface area contributed by atoms with Gasteiger partial charge in [0.2, 0.25) is 5.01 Å². The molecule has 2 heterocycles. The first-order valence-electron chi connectivity index (χ1n) is 12.6. The van der Waals surface area contributed by atoms with E-state index in [0.717, 1.165) is 16.9 Å². The number of carbonyl (C=O) groups excluding carboxylic acids is 2. The SMILES string of the molecule is O=C(Nc1ccn(CCCCc2nnc(C(=O)NCc3cccc(OC(F)(F)F)c3)s2)c(=O)n1)OCc1ccccc1. The van der Waals surface area contributed by atoms with Gasteiger partial charge in [-0.25, -0.2) is 9.59 Å². The average molecular weight is 603 g/mol. The van der Waals surface area contributed by atoms with Crippen molar-refractivity contribution < 1.29 is 32.2 Å². The molecule has 2 amide bonds. The van der Waals surface area contributed by atoms with E-state index in [-0.39, 0.29) is 29.7 Å². The fourth-order valence-corrected chi connectivity index (χ4v) is 4.45. The number of aromatic nitrogens is 4. The maximum absolute atomic E-state index is 12.4. The highest BCUT2D eigenvalue weighted by atomic mass is 32.1. The maximum Gasteiger partial charge on any atom is 0.573 e. The zero-order valence-electron chi connectivity index (χ0n) is 22.0. The van der Waals surface area contributed by atoms with Crippen LogP contribution in [-0.2, 0) is 30.9 Å². The van der Waals surface area contributed by atoms with Crippen LogP contribution in [0, 0.1) is 0 Å². The zero-order valence-corrected chi connectivity index (χ0v) is 22.8. The second kappa shape index (κ2) is 14.2. The fraction of sp³-hybridized carbons (Fsp3) is 0.259. The van der Waals surface area contributed by atoms with E-state index in [1.165, 1.54) is 35.0 Å². The molecule has 42 heavy (non-hydrogen) atoms. The van der Waals surface area contributed by atoms with Gasteiger partial charge in [-0.05, 0) is 42.2 Å². The number of ether oxygens (including phenoxy) is 2. The lowest BCUT2D eigenvalue weighted by molar-refractivity contribution is -0.274. The smallest absolute Gasteiger partial charge is 0.444 e. The van der Waals surface area contributed by atoms with Crippen molar-refractivity contribution in [3.05, 3.63) is 98.5 Å². The van der Waals surface area contributed by atoms with E-state index in [2.05, 4.69) is 30.6 Å². The summed E-state index contributed by atoms with van der Waals surface area (Å²) in [7, 11) is 0. The topological polar surface area (TPSA) is 137 Å². The number of unbranched alkanes of at least 4 members (excludes halogenated alkanes) is 1. The predicted octanol–water partition coefficient (Wildman–Crippen LogP) is 4.70. The van der Waals surface area contributed by atoms with Crippen LogP contribution in [0.15, 0.2) is 71.7 Å². The summed E-state index contributed by atoms with van der Waals surface area (Å²) in [4.78, 5) is 40.6. The van der Waals surface area contributed by atoms with Gasteiger partial charge in [0.25, 0.3) is 5.91 Å². The Morgan fingerprint density at radius 1 is 0.976 bits per heavy atom. The summed E-state index contributed by atoms with van der Waals surface area (Å²) >= 11 is 1.11. The number of nitrogens with one attached hydrogen (secondary N) is 2. The highest BCUT2D eigenvalue weighted by molar-refractivity contribution is 7.13. The largest absolute Gasteiger partial charge is 0.573 e. The summed E-state index contributed by atoms with van der Waals surface area (Å²) in [6, 6.07) is 16.0. The minimum atomic E-state index is -4.81. The van der Waals surface area contributed by atoms with E-state index in [1.54, 1.807) is 6.07 Å². The number of hydrogen-bond donors (Lipinski definition) is 2. The molecule has 0 aliphatic heterocycles. The number of hydrogen-bond acceptors (Lipinski definition) is 9. The Hall–Kier alpha value is -4.79. The van der Waals surface area contributed by atoms with Gasteiger partial charge < -0.3 is 14.8 Å². The first kappa shape index (κ1) is 30.2. The molecule has 4 rings (SSSR count). The highest BCUT2D eigenvalue weighted by Gasteiger charge is 2.31. The van der Waals surface area contributed by atoms with Crippen molar-refractivity contribution in [1.82, 2.24) is 25.1 Å². The number of rotatable bonds is 12. The molecule has 11 nitrogen and oxygen atoms in total. The van der Waals surface area contributed by atoms with Crippen LogP contribution in [0.4, 0.5) is 23.8 Å². The first-order chi connectivity index (χ1) is 20.1. The van der Waals surface area contributed by atoms with Crippen LogP contribution in [0.5, 0.6) is 5.75 Å². The Morgan fingerprint density at radius 2 is 1.76 bits per heavy atom. The molecule has 15 heteroatoms. The van der Waals surface area contributed by atoms with Gasteiger partial charge >= 0.3 is 18.1 Å². The minimum absolute atomic E-state index is 0.0191. The molecule has 0 bridgehead atoms. The van der Waals surface area contributed by atoms with Gasteiger partial charge in [-0.3, -0.25) is 14.7 Å². The molecule has 2 aromatic heterocycles. The van der Waals surface area contributed by atoms with Crippen LogP contribution < -0.4 is 21.1 Å². The van der Waals surface area contributed by atoms with Crippen LogP contribution in [0.25, 0.3) is 0 Å². The maximum atomic E-state index is 12.4. The Labute approximate surface area is 241 Å². The molecule has 0 atom stereocenters. The molecule has 0 saturated carbocycles. The van der Waals surface area contributed by atoms with E-state index in [9.17, 15) is 27.6 Å². The van der Waals surface area contributed by atoms with Gasteiger partial charge in [0.05, 0.1) is 0 Å². The quantitative estimate of drug-likeness (QED) is 0.223. The first-order valence-corrected chi connectivity index (χ1v) is 13.5. The Kier molecular flexibility index (Phi) is 10.2. The van der Waals surface area contributed by atoms with Crippen LogP contribution in [0.1, 0.15) is 38.8 Å². The summed E-state index contributed by atoms with van der Waals surface area (Å²) in [5, 5.41) is 13.7. The van der Waals surface area contributed by atoms with Crippen molar-refractivity contribution in [2.24, 2.45) is 0 Å². The molecule has 4 aromatic rings. The lowest BCUT2D eigenvalue weighted by Gasteiger charge is -2.10. The van der Waals surface area contributed by atoms with Crippen LogP contribution in [0.3, 0.4) is 0 Å². The van der Waals surface area contributed by atoms with Gasteiger partial charge in [-0.1, -0.05) is 53.8 Å². The fourth-order valence-electron chi connectivity index (χ4n) is 3.65. The number of anilines is 1. The molecule has 0 fully saturated rings. The van der Waals surface area contributed by atoms with Crippen molar-refractivity contribution in [2.75, 3.05) is 5.32 Å². The third-order valence-electron chi connectivity index (χ3n) is 5.60. The number of carbonyl (C=O) groups is 2. The van der Waals surface area contributed by atoms with Crippen molar-refractivity contribution in [3.8, 4) is 5.75 Å². The summed E-state index contributed by atoms with van der Waals surface area (Å²) in [6.45, 7) is 0.450. The number of halogens is 3. The summed E-state index contributed by atoms with van der Waals surface area (Å²) in [5.74, 6) is -0.801. The van der Waals surface area contributed by atoms with Gasteiger partial charge in [0.1, 0.15) is 23.2 Å². The number of amides is 2. The minimum Gasteiger partial charge on any atom is -0.444 e. The number of alkyl halides is 3. The predicted molar refractivity (Wildman–Crippen MR) is 146 cm³/mol. The standard InChI is InChI=1S/C27H25F3N6O5S/c28-27(29,30)41-20-10-6-9-19(15-20)16-31-23(37)24-35-34-22(42-24)11-4-5-13-36-14-12-21(32-25(36)38)33-26(39)40-17-18-7-2-1-3-8-18/h1-3,6-10,12,14-15H,4-5,11,13,16-17H2,(H,31,37)(H,32,33,38,39). The Bertz CT molecular complexity index is 1560. The molecule has 220 valence electrons. The molecule has 2 aromatic carbocycles. The zero-order chi connectivity index (χ0) is 30.0. The Morgan fingerprint density at radius 3 is 2.52 bits per heavy atom. The number of benzene rings is 2. The number of nitrogens with zero attached hydrogens (tertiary/aromatic N) is 4. The van der Waals surface area contributed by atoms with E-state index in [1.807, 2.05) is 30.3 Å². The lowest BCUT2D eigenvalue weighted by Crippen LogP contribution is -2.25. The van der Waals surface area contributed by atoms with E-state index < -0.39 is 24.1 Å². The summed E-state index contributed by atoms with van der Waals surface area (Å²) in [5.41, 5.74) is 0.722. The molecular formula is C27H25F3N6O5S. The van der Waals surface area contributed by atoms with Gasteiger partial charge in [0, 0.05) is 25.7 Å². The summed E-state index contributed by atoms with van der Waals surface area (Å²) in [6.07, 6.45) is -2.21. The molecule has 2 N–H and O–H groups in total. The molecule has 0 aliphatic rings. The van der Waals surface area contributed by atoms with E-state index in [4.69, 9.17) is 4.74 Å².